The highest BCUT2D eigenvalue weighted by molar-refractivity contribution is 6.06. The zero-order valence-electron chi connectivity index (χ0n) is 9.34. The number of hydrogen-bond donors (Lipinski definition) is 4. The number of nitrogens with two attached hydrogens (primary N) is 3. The first-order chi connectivity index (χ1) is 8.00. The zero-order valence-corrected chi connectivity index (χ0v) is 9.34. The first-order valence-corrected chi connectivity index (χ1v) is 4.79. The van der Waals surface area contributed by atoms with Crippen molar-refractivity contribution in [2.24, 2.45) is 27.4 Å². The fourth-order valence-electron chi connectivity index (χ4n) is 1.15. The number of carbonyl (C=O) groups excluding carboxylic acids is 1. The molecule has 0 radical (unpaired) electrons. The van der Waals surface area contributed by atoms with Gasteiger partial charge in [-0.1, -0.05) is 18.2 Å². The molecule has 0 unspecified atom stereocenters. The molecule has 1 amide bonds. The first kappa shape index (κ1) is 12.5. The van der Waals surface area contributed by atoms with E-state index in [1.54, 1.807) is 12.1 Å². The summed E-state index contributed by atoms with van der Waals surface area (Å²) in [5.41, 5.74) is 16.9. The summed E-state index contributed by atoms with van der Waals surface area (Å²) in [5, 5.41) is 9.10. The molecule has 0 aliphatic carbocycles. The van der Waals surface area contributed by atoms with Crippen molar-refractivity contribution >= 4 is 17.8 Å². The molecule has 1 rings (SSSR count). The molecule has 17 heavy (non-hydrogen) atoms. The van der Waals surface area contributed by atoms with Crippen LogP contribution in [0.4, 0.5) is 0 Å². The Kier molecular flexibility index (Phi) is 4.04. The lowest BCUT2D eigenvalue weighted by Gasteiger charge is -2.05. The van der Waals surface area contributed by atoms with Gasteiger partial charge in [-0.05, 0) is 18.6 Å². The number of nitrogens with one attached hydrogen (secondary N) is 1. The Balaban J connectivity index is 2.77. The molecule has 0 atom stereocenters. The van der Waals surface area contributed by atoms with Gasteiger partial charge >= 0.3 is 0 Å². The Labute approximate surface area is 98.4 Å². The largest absolute Gasteiger partial charge is 0.369 e. The summed E-state index contributed by atoms with van der Waals surface area (Å²) in [7, 11) is 0. The predicted molar refractivity (Wildman–Crippen MR) is 66.1 cm³/mol. The SMILES string of the molecule is Cc1ccccc1C(=O)NC(N)=NN=C(N)N. The van der Waals surface area contributed by atoms with Crippen molar-refractivity contribution in [3.8, 4) is 0 Å². The van der Waals surface area contributed by atoms with Crippen LogP contribution in [0.1, 0.15) is 15.9 Å². The summed E-state index contributed by atoms with van der Waals surface area (Å²) in [6, 6.07) is 7.09. The molecule has 0 fully saturated rings. The van der Waals surface area contributed by atoms with Crippen molar-refractivity contribution in [2.75, 3.05) is 0 Å². The van der Waals surface area contributed by atoms with Crippen LogP contribution < -0.4 is 22.5 Å². The van der Waals surface area contributed by atoms with Gasteiger partial charge in [0.1, 0.15) is 0 Å². The number of carbonyl (C=O) groups is 1. The lowest BCUT2D eigenvalue weighted by atomic mass is 10.1. The van der Waals surface area contributed by atoms with E-state index < -0.39 is 0 Å². The maximum atomic E-state index is 11.7. The van der Waals surface area contributed by atoms with E-state index in [1.807, 2.05) is 19.1 Å². The van der Waals surface area contributed by atoms with Gasteiger partial charge in [0.05, 0.1) is 0 Å². The van der Waals surface area contributed by atoms with E-state index >= 15 is 0 Å². The van der Waals surface area contributed by atoms with E-state index in [1.165, 1.54) is 0 Å². The van der Waals surface area contributed by atoms with Crippen LogP contribution in [0, 0.1) is 6.92 Å². The van der Waals surface area contributed by atoms with Crippen LogP contribution in [-0.4, -0.2) is 17.8 Å². The molecule has 7 heteroatoms. The summed E-state index contributed by atoms with van der Waals surface area (Å²) in [6.45, 7) is 1.82. The zero-order chi connectivity index (χ0) is 12.8. The van der Waals surface area contributed by atoms with Crippen molar-refractivity contribution < 1.29 is 4.79 Å². The summed E-state index contributed by atoms with van der Waals surface area (Å²) in [4.78, 5) is 11.7. The van der Waals surface area contributed by atoms with Crippen LogP contribution in [0.2, 0.25) is 0 Å². The van der Waals surface area contributed by atoms with E-state index in [2.05, 4.69) is 15.5 Å². The van der Waals surface area contributed by atoms with Crippen LogP contribution in [0.3, 0.4) is 0 Å². The van der Waals surface area contributed by atoms with E-state index in [-0.39, 0.29) is 17.8 Å². The van der Waals surface area contributed by atoms with Crippen molar-refractivity contribution in [1.82, 2.24) is 5.32 Å². The van der Waals surface area contributed by atoms with Gasteiger partial charge in [-0.25, -0.2) is 0 Å². The molecule has 0 aliphatic heterocycles. The number of aryl methyl sites for hydroxylation is 1. The van der Waals surface area contributed by atoms with E-state index in [9.17, 15) is 4.79 Å². The molecule has 0 saturated heterocycles. The third-order valence-electron chi connectivity index (χ3n) is 1.90. The number of nitrogens with zero attached hydrogens (tertiary/aromatic N) is 2. The van der Waals surface area contributed by atoms with Crippen LogP contribution in [0.25, 0.3) is 0 Å². The molecule has 0 saturated carbocycles. The molecule has 1 aromatic carbocycles. The van der Waals surface area contributed by atoms with Crippen molar-refractivity contribution in [1.29, 1.82) is 0 Å². The fraction of sp³-hybridized carbons (Fsp3) is 0.100. The second-order valence-corrected chi connectivity index (χ2v) is 3.28. The predicted octanol–water partition coefficient (Wildman–Crippen LogP) is -0.772. The number of benzene rings is 1. The fourth-order valence-corrected chi connectivity index (χ4v) is 1.15. The first-order valence-electron chi connectivity index (χ1n) is 4.79. The van der Waals surface area contributed by atoms with E-state index in [0.29, 0.717) is 5.56 Å². The number of rotatable bonds is 2. The topological polar surface area (TPSA) is 132 Å². The van der Waals surface area contributed by atoms with E-state index in [4.69, 9.17) is 17.2 Å². The average molecular weight is 234 g/mol. The van der Waals surface area contributed by atoms with Gasteiger partial charge in [0, 0.05) is 5.56 Å². The van der Waals surface area contributed by atoms with Gasteiger partial charge in [0.15, 0.2) is 0 Å². The number of amides is 1. The van der Waals surface area contributed by atoms with Gasteiger partial charge in [-0.15, -0.1) is 10.2 Å². The second kappa shape index (κ2) is 5.50. The second-order valence-electron chi connectivity index (χ2n) is 3.28. The monoisotopic (exact) mass is 234 g/mol. The molecule has 0 heterocycles. The van der Waals surface area contributed by atoms with Gasteiger partial charge in [-0.3, -0.25) is 10.1 Å². The van der Waals surface area contributed by atoms with Gasteiger partial charge < -0.3 is 17.2 Å². The molecule has 7 nitrogen and oxygen atoms in total. The molecule has 90 valence electrons. The summed E-state index contributed by atoms with van der Waals surface area (Å²) in [5.74, 6) is -0.778. The molecule has 7 N–H and O–H groups in total. The summed E-state index contributed by atoms with van der Waals surface area (Å²) in [6.07, 6.45) is 0. The third kappa shape index (κ3) is 3.82. The van der Waals surface area contributed by atoms with Gasteiger partial charge in [0.25, 0.3) is 5.91 Å². The average Bonchev–Trinajstić information content (AvgIpc) is 2.26. The van der Waals surface area contributed by atoms with Gasteiger partial charge in [-0.2, -0.15) is 0 Å². The maximum Gasteiger partial charge on any atom is 0.258 e. The molecule has 0 aliphatic rings. The highest BCUT2D eigenvalue weighted by Gasteiger charge is 2.08. The minimum Gasteiger partial charge on any atom is -0.369 e. The molecular weight excluding hydrogens is 220 g/mol. The quantitative estimate of drug-likeness (QED) is 0.304. The minimum absolute atomic E-state index is 0.174. The Hall–Kier alpha value is -2.57. The minimum atomic E-state index is -0.366. The lowest BCUT2D eigenvalue weighted by molar-refractivity contribution is 0.0976. The normalized spacial score (nSPS) is 10.8. The Bertz CT molecular complexity index is 475. The highest BCUT2D eigenvalue weighted by atomic mass is 16.1. The maximum absolute atomic E-state index is 11.7. The molecule has 0 bridgehead atoms. The summed E-state index contributed by atoms with van der Waals surface area (Å²) >= 11 is 0. The van der Waals surface area contributed by atoms with Crippen LogP contribution in [0.15, 0.2) is 34.5 Å². The van der Waals surface area contributed by atoms with Crippen LogP contribution in [-0.2, 0) is 0 Å². The molecule has 0 aromatic heterocycles. The third-order valence-corrected chi connectivity index (χ3v) is 1.90. The number of hydrogen-bond acceptors (Lipinski definition) is 3. The smallest absolute Gasteiger partial charge is 0.258 e. The van der Waals surface area contributed by atoms with Crippen molar-refractivity contribution in [2.45, 2.75) is 6.92 Å². The van der Waals surface area contributed by atoms with Crippen molar-refractivity contribution in [3.63, 3.8) is 0 Å². The lowest BCUT2D eigenvalue weighted by Crippen LogP contribution is -2.37. The summed E-state index contributed by atoms with van der Waals surface area (Å²) < 4.78 is 0. The van der Waals surface area contributed by atoms with Gasteiger partial charge in [0.2, 0.25) is 11.9 Å². The molecule has 1 aromatic rings. The standard InChI is InChI=1S/C10H14N6O/c1-6-4-2-3-5-7(6)8(17)14-10(13)16-15-9(11)12/h2-5H,1H3,(H4,11,12,15)(H3,13,14,16,17). The van der Waals surface area contributed by atoms with Crippen molar-refractivity contribution in [3.05, 3.63) is 35.4 Å². The molecular formula is C10H14N6O. The number of guanidine groups is 2. The van der Waals surface area contributed by atoms with Crippen LogP contribution in [0.5, 0.6) is 0 Å². The van der Waals surface area contributed by atoms with E-state index in [0.717, 1.165) is 5.56 Å². The Morgan fingerprint density at radius 3 is 2.41 bits per heavy atom. The highest BCUT2D eigenvalue weighted by Crippen LogP contribution is 2.05. The Morgan fingerprint density at radius 2 is 1.82 bits per heavy atom. The van der Waals surface area contributed by atoms with Crippen LogP contribution >= 0.6 is 0 Å². The Morgan fingerprint density at radius 1 is 1.18 bits per heavy atom. The molecule has 0 spiro atoms.